The van der Waals surface area contributed by atoms with Crippen LogP contribution in [0.2, 0.25) is 0 Å². The Labute approximate surface area is 278 Å². The first kappa shape index (κ1) is 39.0. The van der Waals surface area contributed by atoms with Gasteiger partial charge in [0, 0.05) is 7.92 Å². The minimum Gasteiger partial charge on any atom is -0.0702 e. The van der Waals surface area contributed by atoms with E-state index in [1.165, 1.54) is 44.0 Å². The second kappa shape index (κ2) is 12.5. The number of rotatable bonds is 2. The third kappa shape index (κ3) is 9.46. The second-order valence-electron chi connectivity index (χ2n) is 20.2. The molecule has 0 saturated heterocycles. The molecular weight excluding hydrogens is 566 g/mol. The van der Waals surface area contributed by atoms with Crippen LogP contribution < -0.4 is 10.6 Å². The van der Waals surface area contributed by atoms with Gasteiger partial charge in [0.2, 0.25) is 0 Å². The summed E-state index contributed by atoms with van der Waals surface area (Å²) in [6.07, 6.45) is 0. The Morgan fingerprint density at radius 1 is 0.432 bits per heavy atom. The molecule has 0 N–H and O–H groups in total. The highest BCUT2D eigenvalue weighted by Gasteiger charge is 2.36. The SMILES string of the molecule is CC(C)(C)c1cc(C(C)(C)C)c(PC#CP(c2c(C(C)(C)C)cc(C(C)(C)C)cc2C(C)(C)C)C(C)(C)C)c(C(C)(C)C)c1. The molecule has 0 aliphatic carbocycles. The van der Waals surface area contributed by atoms with E-state index in [9.17, 15) is 0 Å². The number of hydrogen-bond acceptors (Lipinski definition) is 0. The van der Waals surface area contributed by atoms with Crippen LogP contribution in [0.1, 0.15) is 179 Å². The van der Waals surface area contributed by atoms with E-state index in [0.717, 1.165) is 0 Å². The molecule has 2 heteroatoms. The lowest BCUT2D eigenvalue weighted by Crippen LogP contribution is -2.34. The van der Waals surface area contributed by atoms with E-state index in [1.807, 2.05) is 0 Å². The van der Waals surface area contributed by atoms with Crippen LogP contribution >= 0.6 is 16.5 Å². The van der Waals surface area contributed by atoms with E-state index in [4.69, 9.17) is 0 Å². The van der Waals surface area contributed by atoms with Crippen LogP contribution in [0.15, 0.2) is 24.3 Å². The standard InChI is InChI=1S/C42H68P2/c1-36(2,3)28-24-30(38(7,8)9)34(31(25-28)39(10,11)12)43-22-23-44(42(19,20)21)35-32(40(13,14)15)26-29(37(4,5)6)27-33(35)41(16,17)18/h24-27,43H,1-21H3. The first-order chi connectivity index (χ1) is 19.3. The molecule has 2 aromatic rings. The highest BCUT2D eigenvalue weighted by Crippen LogP contribution is 2.52. The maximum atomic E-state index is 4.04. The first-order valence-electron chi connectivity index (χ1n) is 16.7. The van der Waals surface area contributed by atoms with Gasteiger partial charge in [0.1, 0.15) is 0 Å². The molecule has 0 aliphatic rings. The molecule has 0 spiro atoms. The van der Waals surface area contributed by atoms with E-state index in [-0.39, 0.29) is 37.6 Å². The summed E-state index contributed by atoms with van der Waals surface area (Å²) in [6.45, 7) is 49.8. The molecule has 2 unspecified atom stereocenters. The van der Waals surface area contributed by atoms with E-state index in [2.05, 4.69) is 181 Å². The molecule has 0 bridgehead atoms. The zero-order chi connectivity index (χ0) is 34.6. The van der Waals surface area contributed by atoms with Gasteiger partial charge in [0.05, 0.1) is 0 Å². The van der Waals surface area contributed by atoms with Crippen molar-refractivity contribution < 1.29 is 0 Å². The van der Waals surface area contributed by atoms with Gasteiger partial charge in [-0.05, 0) is 90.2 Å². The van der Waals surface area contributed by atoms with Crippen LogP contribution in [0.25, 0.3) is 0 Å². The van der Waals surface area contributed by atoms with Gasteiger partial charge in [-0.2, -0.15) is 0 Å². The summed E-state index contributed by atoms with van der Waals surface area (Å²) in [7, 11) is -0.309. The molecule has 0 fully saturated rings. The highest BCUT2D eigenvalue weighted by atomic mass is 31.1. The van der Waals surface area contributed by atoms with E-state index in [1.54, 1.807) is 0 Å². The van der Waals surface area contributed by atoms with Crippen molar-refractivity contribution in [2.45, 2.75) is 183 Å². The first-order valence-corrected chi connectivity index (χ1v) is 19.1. The van der Waals surface area contributed by atoms with Crippen LogP contribution in [0, 0.1) is 11.3 Å². The molecule has 0 aromatic heterocycles. The van der Waals surface area contributed by atoms with Crippen LogP contribution in [-0.4, -0.2) is 5.16 Å². The smallest absolute Gasteiger partial charge is 0.00980 e. The molecule has 0 radical (unpaired) electrons. The fourth-order valence-electron chi connectivity index (χ4n) is 5.55. The van der Waals surface area contributed by atoms with Crippen LogP contribution in [0.4, 0.5) is 0 Å². The molecule has 2 aromatic carbocycles. The minimum atomic E-state index is -0.766. The molecule has 44 heavy (non-hydrogen) atoms. The Balaban J connectivity index is 3.00. The average molecular weight is 635 g/mol. The van der Waals surface area contributed by atoms with E-state index < -0.39 is 7.92 Å². The lowest BCUT2D eigenvalue weighted by atomic mass is 9.75. The molecule has 246 valence electrons. The third-order valence-electron chi connectivity index (χ3n) is 8.46. The van der Waals surface area contributed by atoms with Crippen molar-refractivity contribution in [3.63, 3.8) is 0 Å². The van der Waals surface area contributed by atoms with Gasteiger partial charge in [0.15, 0.2) is 0 Å². The fraction of sp³-hybridized carbons (Fsp3) is 0.667. The molecule has 2 rings (SSSR count). The summed E-state index contributed by atoms with van der Waals surface area (Å²) in [4.78, 5) is 0. The summed E-state index contributed by atoms with van der Waals surface area (Å²) >= 11 is 0. The van der Waals surface area contributed by atoms with Crippen molar-refractivity contribution in [2.24, 2.45) is 0 Å². The van der Waals surface area contributed by atoms with Gasteiger partial charge in [-0.3, -0.25) is 0 Å². The van der Waals surface area contributed by atoms with Gasteiger partial charge >= 0.3 is 0 Å². The van der Waals surface area contributed by atoms with Crippen LogP contribution in [0.5, 0.6) is 0 Å². The largest absolute Gasteiger partial charge is 0.0702 e. The van der Waals surface area contributed by atoms with Gasteiger partial charge in [-0.15, -0.1) is 0 Å². The van der Waals surface area contributed by atoms with Crippen molar-refractivity contribution in [1.29, 1.82) is 0 Å². The summed E-state index contributed by atoms with van der Waals surface area (Å²) in [5, 5.41) is 3.03. The van der Waals surface area contributed by atoms with Gasteiger partial charge in [0.25, 0.3) is 0 Å². The van der Waals surface area contributed by atoms with Gasteiger partial charge in [-0.25, -0.2) is 0 Å². The van der Waals surface area contributed by atoms with Crippen molar-refractivity contribution in [3.8, 4) is 11.3 Å². The fourth-order valence-corrected chi connectivity index (χ4v) is 9.91. The topological polar surface area (TPSA) is 0 Å². The maximum absolute atomic E-state index is 4.04. The zero-order valence-corrected chi connectivity index (χ0v) is 34.7. The predicted molar refractivity (Wildman–Crippen MR) is 207 cm³/mol. The lowest BCUT2D eigenvalue weighted by molar-refractivity contribution is 0.552. The Hall–Kier alpha value is -1.14. The Morgan fingerprint density at radius 3 is 0.977 bits per heavy atom. The predicted octanol–water partition coefficient (Wildman–Crippen LogP) is 12.3. The second-order valence-corrected chi connectivity index (χ2v) is 23.9. The molecule has 0 aliphatic heterocycles. The van der Waals surface area contributed by atoms with E-state index >= 15 is 0 Å². The number of hydrogen-bond donors (Lipinski definition) is 0. The molecule has 0 heterocycles. The van der Waals surface area contributed by atoms with Gasteiger partial charge in [-0.1, -0.05) is 181 Å². The molecule has 0 nitrogen and oxygen atoms in total. The van der Waals surface area contributed by atoms with Gasteiger partial charge < -0.3 is 0 Å². The summed E-state index contributed by atoms with van der Waals surface area (Å²) in [5.41, 5.74) is 17.0. The molecule has 0 saturated carbocycles. The summed E-state index contributed by atoms with van der Waals surface area (Å²) < 4.78 is 0. The van der Waals surface area contributed by atoms with Crippen molar-refractivity contribution in [1.82, 2.24) is 0 Å². The quantitative estimate of drug-likeness (QED) is 0.228. The minimum absolute atomic E-state index is 0.0218. The normalized spacial score (nSPS) is 15.0. The van der Waals surface area contributed by atoms with Crippen molar-refractivity contribution in [2.75, 3.05) is 0 Å². The average Bonchev–Trinajstić information content (AvgIpc) is 2.76. The maximum Gasteiger partial charge on any atom is 0.00980 e. The monoisotopic (exact) mass is 634 g/mol. The Kier molecular flexibility index (Phi) is 11.1. The molecule has 2 atom stereocenters. The zero-order valence-electron chi connectivity index (χ0n) is 32.8. The summed E-state index contributed by atoms with van der Waals surface area (Å²) in [6, 6.07) is 10.0. The Bertz CT molecular complexity index is 1320. The third-order valence-corrected chi connectivity index (χ3v) is 12.3. The number of benzene rings is 2. The molecule has 0 amide bonds. The molecular formula is C42H68P2. The van der Waals surface area contributed by atoms with Crippen molar-refractivity contribution in [3.05, 3.63) is 57.6 Å². The van der Waals surface area contributed by atoms with Crippen molar-refractivity contribution >= 4 is 27.1 Å². The highest BCUT2D eigenvalue weighted by molar-refractivity contribution is 7.72. The summed E-state index contributed by atoms with van der Waals surface area (Å²) in [5.74, 6) is 0. The van der Waals surface area contributed by atoms with E-state index in [0.29, 0.717) is 8.58 Å². The Morgan fingerprint density at radius 2 is 0.727 bits per heavy atom. The lowest BCUT2D eigenvalue weighted by Gasteiger charge is -2.38. The van der Waals surface area contributed by atoms with Crippen LogP contribution in [-0.2, 0) is 32.5 Å². The van der Waals surface area contributed by atoms with Crippen LogP contribution in [0.3, 0.4) is 0 Å².